The Kier molecular flexibility index (Phi) is 4.73. The first-order valence-electron chi connectivity index (χ1n) is 10.1. The Morgan fingerprint density at radius 3 is 2.38 bits per heavy atom. The molecule has 0 bridgehead atoms. The summed E-state index contributed by atoms with van der Waals surface area (Å²) in [6.45, 7) is 0. The Morgan fingerprint density at radius 1 is 1.03 bits per heavy atom. The quantitative estimate of drug-likeness (QED) is 0.384. The molecule has 1 heterocycles. The lowest BCUT2D eigenvalue weighted by atomic mass is 9.97. The van der Waals surface area contributed by atoms with Gasteiger partial charge in [-0.05, 0) is 73.6 Å². The van der Waals surface area contributed by atoms with Crippen LogP contribution in [-0.2, 0) is 32.1 Å². The number of anilines is 1. The highest BCUT2D eigenvalue weighted by Gasteiger charge is 2.30. The minimum Gasteiger partial charge on any atom is -0.452 e. The van der Waals surface area contributed by atoms with Crippen LogP contribution in [0.3, 0.4) is 0 Å². The summed E-state index contributed by atoms with van der Waals surface area (Å²) in [6.07, 6.45) is 7.31. The zero-order chi connectivity index (χ0) is 20.0. The lowest BCUT2D eigenvalue weighted by molar-refractivity contribution is 0.257. The van der Waals surface area contributed by atoms with Crippen LogP contribution >= 0.6 is 11.9 Å². The summed E-state index contributed by atoms with van der Waals surface area (Å²) >= 11 is 1.08. The molecule has 29 heavy (non-hydrogen) atoms. The maximum absolute atomic E-state index is 14.8. The normalized spacial score (nSPS) is 18.4. The average Bonchev–Trinajstić information content (AvgIpc) is 3.47. The van der Waals surface area contributed by atoms with Crippen molar-refractivity contribution in [2.75, 3.05) is 5.32 Å². The highest BCUT2D eigenvalue weighted by atomic mass is 32.2. The van der Waals surface area contributed by atoms with Gasteiger partial charge in [0.15, 0.2) is 5.09 Å². The van der Waals surface area contributed by atoms with E-state index in [1.165, 1.54) is 0 Å². The molecule has 0 spiro atoms. The van der Waals surface area contributed by atoms with Crippen LogP contribution in [0.5, 0.6) is 0 Å². The average molecular weight is 415 g/mol. The van der Waals surface area contributed by atoms with E-state index in [0.29, 0.717) is 17.2 Å². The molecule has 2 aromatic rings. The number of halogens is 1. The van der Waals surface area contributed by atoms with Gasteiger partial charge in [-0.15, -0.1) is 0 Å². The van der Waals surface area contributed by atoms with Crippen molar-refractivity contribution in [1.82, 2.24) is 4.72 Å². The number of benzene rings is 1. The van der Waals surface area contributed by atoms with E-state index in [-0.39, 0.29) is 11.8 Å². The van der Waals surface area contributed by atoms with Gasteiger partial charge in [0.1, 0.15) is 11.6 Å². The zero-order valence-electron chi connectivity index (χ0n) is 15.9. The van der Waals surface area contributed by atoms with Crippen LogP contribution in [0.1, 0.15) is 59.3 Å². The van der Waals surface area contributed by atoms with Gasteiger partial charge in [0.2, 0.25) is 0 Å². The lowest BCUT2D eigenvalue weighted by Gasteiger charge is -2.17. The van der Waals surface area contributed by atoms with Crippen molar-refractivity contribution < 1.29 is 18.8 Å². The summed E-state index contributed by atoms with van der Waals surface area (Å²) in [7, 11) is 0. The molecular formula is C21H22FN3O3S. The second-order valence-corrected chi connectivity index (χ2v) is 8.58. The third-order valence-electron chi connectivity index (χ3n) is 6.09. The fourth-order valence-electron chi connectivity index (χ4n) is 4.81. The maximum atomic E-state index is 14.8. The lowest BCUT2D eigenvalue weighted by Crippen LogP contribution is -2.24. The third-order valence-corrected chi connectivity index (χ3v) is 6.78. The second kappa shape index (κ2) is 7.40. The highest BCUT2D eigenvalue weighted by molar-refractivity contribution is 7.97. The van der Waals surface area contributed by atoms with Crippen LogP contribution in [-0.4, -0.2) is 17.0 Å². The van der Waals surface area contributed by atoms with E-state index < -0.39 is 0 Å². The fourth-order valence-corrected chi connectivity index (χ4v) is 5.38. The molecule has 3 N–H and O–H groups in total. The molecule has 5 rings (SSSR count). The fraction of sp³-hybridized carbons (Fsp3) is 0.429. The van der Waals surface area contributed by atoms with Gasteiger partial charge in [-0.2, -0.15) is 0 Å². The predicted molar refractivity (Wildman–Crippen MR) is 108 cm³/mol. The van der Waals surface area contributed by atoms with Gasteiger partial charge in [0.25, 0.3) is 0 Å². The first-order chi connectivity index (χ1) is 14.2. The van der Waals surface area contributed by atoms with E-state index in [4.69, 9.17) is 9.62 Å². The molecule has 0 unspecified atom stereocenters. The summed E-state index contributed by atoms with van der Waals surface area (Å²) in [5.41, 5.74) is 5.70. The Labute approximate surface area is 172 Å². The van der Waals surface area contributed by atoms with E-state index in [2.05, 4.69) is 15.2 Å². The maximum Gasteiger partial charge on any atom is 0.329 e. The van der Waals surface area contributed by atoms with Crippen molar-refractivity contribution in [2.45, 2.75) is 62.9 Å². The molecule has 1 aromatic carbocycles. The van der Waals surface area contributed by atoms with Crippen molar-refractivity contribution >= 4 is 29.4 Å². The van der Waals surface area contributed by atoms with Crippen molar-refractivity contribution in [3.63, 3.8) is 0 Å². The molecule has 152 valence electrons. The molecule has 0 saturated heterocycles. The van der Waals surface area contributed by atoms with Gasteiger partial charge >= 0.3 is 6.03 Å². The van der Waals surface area contributed by atoms with Crippen LogP contribution in [0.15, 0.2) is 20.7 Å². The number of rotatable bonds is 3. The number of oxime groups is 1. The number of urea groups is 1. The van der Waals surface area contributed by atoms with Gasteiger partial charge in [0, 0.05) is 35.7 Å². The predicted octanol–water partition coefficient (Wildman–Crippen LogP) is 4.74. The number of fused-ring (bicyclic) bond motifs is 3. The van der Waals surface area contributed by atoms with Gasteiger partial charge in [-0.25, -0.2) is 9.18 Å². The number of carbonyl (C=O) groups is 1. The van der Waals surface area contributed by atoms with Crippen LogP contribution in [0, 0.1) is 5.82 Å². The van der Waals surface area contributed by atoms with Crippen molar-refractivity contribution in [2.24, 2.45) is 5.16 Å². The number of carbonyl (C=O) groups excluding carboxylic acids is 1. The van der Waals surface area contributed by atoms with E-state index >= 15 is 0 Å². The molecular weight excluding hydrogens is 393 g/mol. The van der Waals surface area contributed by atoms with Crippen LogP contribution in [0.4, 0.5) is 14.9 Å². The van der Waals surface area contributed by atoms with Gasteiger partial charge in [0.05, 0.1) is 5.71 Å². The molecule has 0 aliphatic heterocycles. The van der Waals surface area contributed by atoms with Crippen LogP contribution in [0.2, 0.25) is 0 Å². The van der Waals surface area contributed by atoms with E-state index in [0.717, 1.165) is 103 Å². The Morgan fingerprint density at radius 2 is 1.69 bits per heavy atom. The topological polar surface area (TPSA) is 86.9 Å². The SMILES string of the molecule is O=C(NSc1cc2c(o1)CCC/C2=N/O)Nc1c2c(c(F)c3c1CCC3)CCC2. The molecule has 0 fully saturated rings. The van der Waals surface area contributed by atoms with E-state index in [1.54, 1.807) is 6.07 Å². The molecule has 3 aliphatic rings. The number of hydrogen-bond acceptors (Lipinski definition) is 5. The number of hydrogen-bond donors (Lipinski definition) is 3. The number of furan rings is 1. The molecule has 3 aliphatic carbocycles. The molecule has 2 amide bonds. The van der Waals surface area contributed by atoms with Crippen molar-refractivity contribution in [1.29, 1.82) is 0 Å². The summed E-state index contributed by atoms with van der Waals surface area (Å²) in [5, 5.41) is 16.0. The number of nitrogens with one attached hydrogen (secondary N) is 2. The van der Waals surface area contributed by atoms with E-state index in [1.807, 2.05) is 0 Å². The van der Waals surface area contributed by atoms with Gasteiger partial charge < -0.3 is 14.9 Å². The van der Waals surface area contributed by atoms with Crippen molar-refractivity contribution in [3.05, 3.63) is 45.5 Å². The smallest absolute Gasteiger partial charge is 0.329 e. The monoisotopic (exact) mass is 415 g/mol. The molecule has 6 nitrogen and oxygen atoms in total. The molecule has 1 aromatic heterocycles. The van der Waals surface area contributed by atoms with Crippen molar-refractivity contribution in [3.8, 4) is 0 Å². The van der Waals surface area contributed by atoms with Gasteiger partial charge in [-0.3, -0.25) is 4.72 Å². The minimum atomic E-state index is -0.352. The van der Waals surface area contributed by atoms with Crippen LogP contribution < -0.4 is 10.0 Å². The first-order valence-corrected chi connectivity index (χ1v) is 10.9. The zero-order valence-corrected chi connectivity index (χ0v) is 16.8. The highest BCUT2D eigenvalue weighted by Crippen LogP contribution is 2.41. The molecule has 0 radical (unpaired) electrons. The standard InChI is InChI=1S/C21H22FN3O3S/c22-19-11-4-1-6-13(11)20(14-7-2-5-12(14)19)23-21(26)25-29-18-10-15-16(24-27)8-3-9-17(15)28-18/h10,27H,1-9H2,(H2,23,25,26)/b24-16-. The third kappa shape index (κ3) is 3.19. The minimum absolute atomic E-state index is 0.0483. The number of aryl methyl sites for hydroxylation is 1. The summed E-state index contributed by atoms with van der Waals surface area (Å²) in [6, 6.07) is 1.44. The van der Waals surface area contributed by atoms with E-state index in [9.17, 15) is 9.18 Å². The second-order valence-electron chi connectivity index (χ2n) is 7.77. The largest absolute Gasteiger partial charge is 0.452 e. The molecule has 0 atom stereocenters. The number of nitrogens with zero attached hydrogens (tertiary/aromatic N) is 1. The van der Waals surface area contributed by atoms with Gasteiger partial charge in [-0.1, -0.05) is 5.16 Å². The Balaban J connectivity index is 1.32. The number of amides is 2. The first kappa shape index (κ1) is 18.5. The Hall–Kier alpha value is -2.48. The summed E-state index contributed by atoms with van der Waals surface area (Å²) in [5.74, 6) is 0.732. The molecule has 0 saturated carbocycles. The molecule has 8 heteroatoms. The Bertz CT molecular complexity index is 996. The summed E-state index contributed by atoms with van der Waals surface area (Å²) < 4.78 is 23.3. The summed E-state index contributed by atoms with van der Waals surface area (Å²) in [4.78, 5) is 12.6. The van der Waals surface area contributed by atoms with Crippen LogP contribution in [0.25, 0.3) is 0 Å².